The van der Waals surface area contributed by atoms with Crippen LogP contribution >= 0.6 is 0 Å². The van der Waals surface area contributed by atoms with E-state index in [1.54, 1.807) is 4.57 Å². The van der Waals surface area contributed by atoms with Crippen LogP contribution in [0.15, 0.2) is 6.33 Å². The first kappa shape index (κ1) is 26.9. The zero-order chi connectivity index (χ0) is 25.1. The molecule has 1 aliphatic rings. The van der Waals surface area contributed by atoms with Crippen LogP contribution in [0.25, 0.3) is 11.2 Å². The highest BCUT2D eigenvalue weighted by atomic mass is 19.1. The summed E-state index contributed by atoms with van der Waals surface area (Å²) in [5.41, 5.74) is 5.23. The minimum Gasteiger partial charge on any atom is -0.462 e. The van der Waals surface area contributed by atoms with Crippen LogP contribution in [0.1, 0.15) is 103 Å². The number of rotatable bonds is 15. The summed E-state index contributed by atoms with van der Waals surface area (Å²) >= 11 is 0. The number of aromatic nitrogens is 4. The number of halogens is 1. The smallest absolute Gasteiger partial charge is 0.312 e. The summed E-state index contributed by atoms with van der Waals surface area (Å²) in [5.74, 6) is 2.34. The first-order chi connectivity index (χ1) is 17.0. The third-order valence-corrected chi connectivity index (χ3v) is 6.60. The van der Waals surface area contributed by atoms with E-state index in [1.165, 1.54) is 57.7 Å². The lowest BCUT2D eigenvalue weighted by Gasteiger charge is -2.23. The second-order valence-corrected chi connectivity index (χ2v) is 9.40. The van der Waals surface area contributed by atoms with E-state index in [0.717, 1.165) is 19.3 Å². The molecule has 0 amide bonds. The molecule has 0 saturated carbocycles. The predicted octanol–water partition coefficient (Wildman–Crippen LogP) is 5.47. The number of hydrogen-bond donors (Lipinski definition) is 1. The number of nitrogens with zero attached hydrogens (tertiary/aromatic N) is 4. The van der Waals surface area contributed by atoms with Crippen molar-refractivity contribution in [3.05, 3.63) is 12.4 Å². The number of esters is 1. The highest BCUT2D eigenvalue weighted by molar-refractivity contribution is 5.81. The van der Waals surface area contributed by atoms with E-state index in [4.69, 9.17) is 21.6 Å². The van der Waals surface area contributed by atoms with Crippen molar-refractivity contribution in [2.24, 2.45) is 0 Å². The SMILES string of the molecule is C#C[C@@]1(COC(=O)CCCCCCCCCCCCC)CC[C@H](n2cnc3c(N)nc(F)nc32)O1. The molecular formula is C26H38FN5O3. The van der Waals surface area contributed by atoms with Crippen LogP contribution in [0.5, 0.6) is 0 Å². The summed E-state index contributed by atoms with van der Waals surface area (Å²) in [4.78, 5) is 23.7. The lowest BCUT2D eigenvalue weighted by molar-refractivity contribution is -0.152. The Bertz CT molecular complexity index is 1000. The van der Waals surface area contributed by atoms with E-state index >= 15 is 0 Å². The average Bonchev–Trinajstić information content (AvgIpc) is 3.46. The van der Waals surface area contributed by atoms with Gasteiger partial charge in [0.15, 0.2) is 22.6 Å². The maximum Gasteiger partial charge on any atom is 0.312 e. The van der Waals surface area contributed by atoms with Gasteiger partial charge >= 0.3 is 12.0 Å². The Morgan fingerprint density at radius 1 is 1.20 bits per heavy atom. The van der Waals surface area contributed by atoms with E-state index in [2.05, 4.69) is 27.8 Å². The minimum absolute atomic E-state index is 0.0189. The van der Waals surface area contributed by atoms with Crippen molar-refractivity contribution in [2.45, 2.75) is 109 Å². The number of unbranched alkanes of at least 4 members (excludes halogenated alkanes) is 10. The Labute approximate surface area is 207 Å². The number of carbonyl (C=O) groups is 1. The topological polar surface area (TPSA) is 105 Å². The summed E-state index contributed by atoms with van der Waals surface area (Å²) in [6.45, 7) is 2.22. The van der Waals surface area contributed by atoms with E-state index in [-0.39, 0.29) is 24.0 Å². The van der Waals surface area contributed by atoms with E-state index in [9.17, 15) is 9.18 Å². The summed E-state index contributed by atoms with van der Waals surface area (Å²) in [5, 5.41) is 0. The normalized spacial score (nSPS) is 19.7. The molecule has 2 atom stereocenters. The van der Waals surface area contributed by atoms with Crippen molar-refractivity contribution in [3.8, 4) is 12.3 Å². The van der Waals surface area contributed by atoms with Crippen LogP contribution in [0.2, 0.25) is 0 Å². The molecule has 1 fully saturated rings. The fourth-order valence-electron chi connectivity index (χ4n) is 4.51. The number of carbonyl (C=O) groups excluding carboxylic acids is 1. The largest absolute Gasteiger partial charge is 0.462 e. The highest BCUT2D eigenvalue weighted by Gasteiger charge is 2.41. The molecule has 0 aromatic carbocycles. The summed E-state index contributed by atoms with van der Waals surface area (Å²) in [6, 6.07) is 0. The van der Waals surface area contributed by atoms with Crippen molar-refractivity contribution in [1.29, 1.82) is 0 Å². The van der Waals surface area contributed by atoms with E-state index in [0.29, 0.717) is 24.8 Å². The van der Waals surface area contributed by atoms with Crippen LogP contribution in [0, 0.1) is 18.4 Å². The van der Waals surface area contributed by atoms with Crippen molar-refractivity contribution in [2.75, 3.05) is 12.3 Å². The molecule has 8 nitrogen and oxygen atoms in total. The predicted molar refractivity (Wildman–Crippen MR) is 133 cm³/mol. The van der Waals surface area contributed by atoms with Gasteiger partial charge in [0.1, 0.15) is 12.8 Å². The zero-order valence-electron chi connectivity index (χ0n) is 20.8. The molecule has 1 aliphatic heterocycles. The molecule has 0 radical (unpaired) electrons. The van der Waals surface area contributed by atoms with Crippen molar-refractivity contribution < 1.29 is 18.7 Å². The molecule has 0 spiro atoms. The van der Waals surface area contributed by atoms with Gasteiger partial charge in [-0.3, -0.25) is 9.36 Å². The van der Waals surface area contributed by atoms with Gasteiger partial charge in [-0.25, -0.2) is 4.98 Å². The van der Waals surface area contributed by atoms with Gasteiger partial charge in [0.25, 0.3) is 0 Å². The second kappa shape index (κ2) is 13.4. The Morgan fingerprint density at radius 3 is 2.51 bits per heavy atom. The van der Waals surface area contributed by atoms with E-state index < -0.39 is 17.9 Å². The number of anilines is 1. The lowest BCUT2D eigenvalue weighted by atomic mass is 10.0. The minimum atomic E-state index is -1.04. The van der Waals surface area contributed by atoms with Crippen LogP contribution in [-0.2, 0) is 14.3 Å². The van der Waals surface area contributed by atoms with Crippen LogP contribution in [0.3, 0.4) is 0 Å². The number of imidazole rings is 1. The summed E-state index contributed by atoms with van der Waals surface area (Å²) < 4.78 is 26.8. The number of hydrogen-bond acceptors (Lipinski definition) is 7. The Balaban J connectivity index is 1.35. The first-order valence-electron chi connectivity index (χ1n) is 12.9. The van der Waals surface area contributed by atoms with Gasteiger partial charge in [-0.15, -0.1) is 6.42 Å². The Hall–Kier alpha value is -2.73. The van der Waals surface area contributed by atoms with Gasteiger partial charge in [0.05, 0.1) is 6.33 Å². The van der Waals surface area contributed by atoms with Gasteiger partial charge in [-0.2, -0.15) is 14.4 Å². The standard InChI is InChI=1S/C26H38FN5O3/c1-3-5-6-7-8-9-10-11-12-13-14-15-21(33)34-18-26(4-2)17-16-20(35-26)32-19-29-22-23(28)30-25(27)31-24(22)32/h2,19-20H,3,5-18H2,1H3,(H2,28,30,31)/t20-,26+/m1/s1. The molecule has 3 rings (SSSR count). The lowest BCUT2D eigenvalue weighted by Crippen LogP contribution is -2.34. The number of ether oxygens (including phenoxy) is 2. The average molecular weight is 488 g/mol. The van der Waals surface area contributed by atoms with Gasteiger partial charge in [-0.05, 0) is 19.3 Å². The third-order valence-electron chi connectivity index (χ3n) is 6.60. The molecule has 2 aromatic rings. The molecule has 0 bridgehead atoms. The molecule has 3 heterocycles. The third kappa shape index (κ3) is 7.63. The first-order valence-corrected chi connectivity index (χ1v) is 12.9. The maximum atomic E-state index is 13.7. The molecular weight excluding hydrogens is 449 g/mol. The molecule has 0 unspecified atom stereocenters. The second-order valence-electron chi connectivity index (χ2n) is 9.40. The molecule has 35 heavy (non-hydrogen) atoms. The maximum absolute atomic E-state index is 13.7. The van der Waals surface area contributed by atoms with Crippen LogP contribution < -0.4 is 5.73 Å². The Morgan fingerprint density at radius 2 is 1.86 bits per heavy atom. The van der Waals surface area contributed by atoms with Gasteiger partial charge in [-0.1, -0.05) is 77.1 Å². The molecule has 2 aromatic heterocycles. The van der Waals surface area contributed by atoms with Crippen molar-refractivity contribution in [3.63, 3.8) is 0 Å². The zero-order valence-corrected chi connectivity index (χ0v) is 20.8. The van der Waals surface area contributed by atoms with Crippen molar-refractivity contribution >= 4 is 23.0 Å². The van der Waals surface area contributed by atoms with E-state index in [1.807, 2.05) is 0 Å². The number of terminal acetylenes is 1. The molecule has 192 valence electrons. The van der Waals surface area contributed by atoms with Gasteiger partial charge < -0.3 is 15.2 Å². The fourth-order valence-corrected chi connectivity index (χ4v) is 4.51. The quantitative estimate of drug-likeness (QED) is 0.154. The van der Waals surface area contributed by atoms with Crippen LogP contribution in [-0.4, -0.2) is 37.7 Å². The molecule has 1 saturated heterocycles. The number of fused-ring (bicyclic) bond motifs is 1. The highest BCUT2D eigenvalue weighted by Crippen LogP contribution is 2.38. The fraction of sp³-hybridized carbons (Fsp3) is 0.692. The molecule has 9 heteroatoms. The number of nitrogen functional groups attached to an aromatic ring is 1. The molecule has 2 N–H and O–H groups in total. The van der Waals surface area contributed by atoms with Gasteiger partial charge in [0.2, 0.25) is 0 Å². The Kier molecular flexibility index (Phi) is 10.3. The monoisotopic (exact) mass is 487 g/mol. The van der Waals surface area contributed by atoms with Crippen molar-refractivity contribution in [1.82, 2.24) is 19.5 Å². The molecule has 0 aliphatic carbocycles. The summed E-state index contributed by atoms with van der Waals surface area (Å²) in [6.07, 6.45) is 20.7. The number of nitrogens with two attached hydrogens (primary N) is 1. The van der Waals surface area contributed by atoms with Crippen LogP contribution in [0.4, 0.5) is 10.2 Å². The summed E-state index contributed by atoms with van der Waals surface area (Å²) in [7, 11) is 0. The van der Waals surface area contributed by atoms with Gasteiger partial charge in [0, 0.05) is 6.42 Å².